The quantitative estimate of drug-likeness (QED) is 0.576. The average Bonchev–Trinajstić information content (AvgIpc) is 2.17. The smallest absolute Gasteiger partial charge is 0.191 e. The second kappa shape index (κ2) is 4.81. The number of piperidine rings is 1. The molecule has 0 aromatic heterocycles. The molecule has 0 aliphatic carbocycles. The highest BCUT2D eigenvalue weighted by atomic mass is 28.4. The van der Waals surface area contributed by atoms with Crippen LogP contribution in [0, 0.1) is 0 Å². The van der Waals surface area contributed by atoms with Crippen molar-refractivity contribution in [2.75, 3.05) is 6.54 Å². The zero-order valence-corrected chi connectivity index (χ0v) is 11.0. The zero-order chi connectivity index (χ0) is 10.7. The van der Waals surface area contributed by atoms with Crippen molar-refractivity contribution in [3.05, 3.63) is 12.2 Å². The van der Waals surface area contributed by atoms with Gasteiger partial charge in [0.15, 0.2) is 8.32 Å². The summed E-state index contributed by atoms with van der Waals surface area (Å²) >= 11 is 0. The Bertz CT molecular complexity index is 234. The van der Waals surface area contributed by atoms with Crippen LogP contribution in [0.2, 0.25) is 19.1 Å². The molecule has 2 nitrogen and oxygen atoms in total. The Balaban J connectivity index is 1.83. The van der Waals surface area contributed by atoms with Gasteiger partial charge in [-0.15, -0.1) is 0 Å². The normalized spacial score (nSPS) is 35.3. The number of hydrogen-bond donors (Lipinski definition) is 1. The van der Waals surface area contributed by atoms with Gasteiger partial charge in [-0.25, -0.2) is 0 Å². The molecular weight excluding hydrogens is 202 g/mol. The monoisotopic (exact) mass is 225 g/mol. The molecule has 0 spiro atoms. The van der Waals surface area contributed by atoms with Crippen LogP contribution in [0.5, 0.6) is 0 Å². The first kappa shape index (κ1) is 11.4. The maximum atomic E-state index is 6.19. The first-order valence-electron chi connectivity index (χ1n) is 6.24. The Morgan fingerprint density at radius 1 is 1.40 bits per heavy atom. The molecule has 1 saturated heterocycles. The summed E-state index contributed by atoms with van der Waals surface area (Å²) in [5.41, 5.74) is 0. The fraction of sp³-hybridized carbons (Fsp3) is 0.833. The first-order valence-corrected chi connectivity index (χ1v) is 9.35. The van der Waals surface area contributed by atoms with Crippen LogP contribution in [0.15, 0.2) is 12.2 Å². The molecule has 2 rings (SSSR count). The first-order chi connectivity index (χ1) is 7.16. The summed E-state index contributed by atoms with van der Waals surface area (Å²) in [5.74, 6) is 0. The average molecular weight is 225 g/mol. The summed E-state index contributed by atoms with van der Waals surface area (Å²) in [6, 6.07) is 1.87. The van der Waals surface area contributed by atoms with E-state index in [0.29, 0.717) is 12.1 Å². The molecule has 2 heterocycles. The predicted octanol–water partition coefficient (Wildman–Crippen LogP) is 2.68. The third-order valence-corrected chi connectivity index (χ3v) is 5.52. The minimum Gasteiger partial charge on any atom is -0.411 e. The van der Waals surface area contributed by atoms with Crippen LogP contribution in [0.3, 0.4) is 0 Å². The van der Waals surface area contributed by atoms with E-state index in [4.69, 9.17) is 4.43 Å². The molecule has 2 atom stereocenters. The topological polar surface area (TPSA) is 21.3 Å². The molecular formula is C12H23NOSi. The van der Waals surface area contributed by atoms with Crippen molar-refractivity contribution in [2.45, 2.75) is 57.0 Å². The summed E-state index contributed by atoms with van der Waals surface area (Å²) in [6.45, 7) is 5.83. The predicted molar refractivity (Wildman–Crippen MR) is 66.6 cm³/mol. The second-order valence-corrected chi connectivity index (χ2v) is 9.59. The van der Waals surface area contributed by atoms with Gasteiger partial charge in [0, 0.05) is 6.04 Å². The summed E-state index contributed by atoms with van der Waals surface area (Å²) in [6.07, 6.45) is 10.2. The Hall–Kier alpha value is -0.123. The molecule has 15 heavy (non-hydrogen) atoms. The summed E-state index contributed by atoms with van der Waals surface area (Å²) in [5, 5.41) is 3.60. The van der Waals surface area contributed by atoms with Gasteiger partial charge in [0.25, 0.3) is 0 Å². The molecule has 2 aliphatic heterocycles. The van der Waals surface area contributed by atoms with E-state index in [2.05, 4.69) is 30.6 Å². The van der Waals surface area contributed by atoms with Crippen LogP contribution in [-0.4, -0.2) is 27.0 Å². The molecule has 0 aromatic rings. The van der Waals surface area contributed by atoms with E-state index in [0.717, 1.165) is 0 Å². The third kappa shape index (κ3) is 3.43. The van der Waals surface area contributed by atoms with Crippen molar-refractivity contribution in [3.63, 3.8) is 0 Å². The van der Waals surface area contributed by atoms with Gasteiger partial charge in [0.2, 0.25) is 0 Å². The fourth-order valence-corrected chi connectivity index (χ4v) is 4.33. The maximum absolute atomic E-state index is 6.19. The molecule has 2 aliphatic rings. The largest absolute Gasteiger partial charge is 0.411 e. The van der Waals surface area contributed by atoms with Crippen LogP contribution in [0.1, 0.15) is 25.7 Å². The molecule has 1 N–H and O–H groups in total. The van der Waals surface area contributed by atoms with Gasteiger partial charge in [0.1, 0.15) is 0 Å². The van der Waals surface area contributed by atoms with Crippen molar-refractivity contribution >= 4 is 8.32 Å². The highest BCUT2D eigenvalue weighted by Crippen LogP contribution is 2.24. The molecule has 0 radical (unpaired) electrons. The number of rotatable bonds is 2. The van der Waals surface area contributed by atoms with Crippen LogP contribution in [0.4, 0.5) is 0 Å². The number of nitrogens with one attached hydrogen (secondary N) is 1. The van der Waals surface area contributed by atoms with Crippen molar-refractivity contribution in [2.24, 2.45) is 0 Å². The van der Waals surface area contributed by atoms with Crippen LogP contribution in [-0.2, 0) is 4.43 Å². The molecule has 0 unspecified atom stereocenters. The Morgan fingerprint density at radius 3 is 2.93 bits per heavy atom. The minimum absolute atomic E-state index is 0.385. The lowest BCUT2D eigenvalue weighted by atomic mass is 9.99. The van der Waals surface area contributed by atoms with Gasteiger partial charge in [-0.2, -0.15) is 0 Å². The van der Waals surface area contributed by atoms with Gasteiger partial charge in [-0.05, 0) is 44.9 Å². The maximum Gasteiger partial charge on any atom is 0.191 e. The van der Waals surface area contributed by atoms with E-state index in [1.807, 2.05) is 0 Å². The molecule has 1 fully saturated rings. The Labute approximate surface area is 94.2 Å². The highest BCUT2D eigenvalue weighted by Gasteiger charge is 2.29. The van der Waals surface area contributed by atoms with E-state index >= 15 is 0 Å². The van der Waals surface area contributed by atoms with Gasteiger partial charge in [-0.3, -0.25) is 0 Å². The highest BCUT2D eigenvalue weighted by molar-refractivity contribution is 6.71. The standard InChI is InChI=1S/C12H23NOSi/c1-15(2)9-5-7-12(14-15)10-11-6-3-4-8-13-11/h5,7,11-13H,3-4,6,8-10H2,1-2H3/t11-,12+/m1/s1. The van der Waals surface area contributed by atoms with E-state index in [9.17, 15) is 0 Å². The number of allylic oxidation sites excluding steroid dienone is 1. The Kier molecular flexibility index (Phi) is 3.64. The molecule has 0 aromatic carbocycles. The van der Waals surface area contributed by atoms with E-state index in [1.54, 1.807) is 0 Å². The van der Waals surface area contributed by atoms with Crippen molar-refractivity contribution in [1.82, 2.24) is 5.32 Å². The molecule has 0 amide bonds. The fourth-order valence-electron chi connectivity index (χ4n) is 2.53. The zero-order valence-electron chi connectivity index (χ0n) is 9.96. The third-order valence-electron chi connectivity index (χ3n) is 3.36. The van der Waals surface area contributed by atoms with Crippen molar-refractivity contribution in [3.8, 4) is 0 Å². The van der Waals surface area contributed by atoms with Crippen LogP contribution in [0.25, 0.3) is 0 Å². The molecule has 0 saturated carbocycles. The minimum atomic E-state index is -1.35. The van der Waals surface area contributed by atoms with Gasteiger partial charge < -0.3 is 9.74 Å². The summed E-state index contributed by atoms with van der Waals surface area (Å²) in [7, 11) is -1.35. The lowest BCUT2D eigenvalue weighted by molar-refractivity contribution is 0.195. The SMILES string of the molecule is C[Si]1(C)CC=C[C@@H](C[C@H]2CCCCN2)O1. The number of hydrogen-bond acceptors (Lipinski definition) is 2. The molecule has 3 heteroatoms. The van der Waals surface area contributed by atoms with Gasteiger partial charge in [0.05, 0.1) is 6.10 Å². The van der Waals surface area contributed by atoms with E-state index in [1.165, 1.54) is 38.3 Å². The Morgan fingerprint density at radius 2 is 2.27 bits per heavy atom. The van der Waals surface area contributed by atoms with E-state index < -0.39 is 8.32 Å². The van der Waals surface area contributed by atoms with Crippen LogP contribution < -0.4 is 5.32 Å². The second-order valence-electron chi connectivity index (χ2n) is 5.43. The summed E-state index contributed by atoms with van der Waals surface area (Å²) in [4.78, 5) is 0. The summed E-state index contributed by atoms with van der Waals surface area (Å²) < 4.78 is 6.19. The lowest BCUT2D eigenvalue weighted by Crippen LogP contribution is -2.42. The molecule has 0 bridgehead atoms. The van der Waals surface area contributed by atoms with Crippen molar-refractivity contribution < 1.29 is 4.43 Å². The van der Waals surface area contributed by atoms with Crippen molar-refractivity contribution in [1.29, 1.82) is 0 Å². The lowest BCUT2D eigenvalue weighted by Gasteiger charge is -2.34. The molecule has 86 valence electrons. The van der Waals surface area contributed by atoms with Gasteiger partial charge >= 0.3 is 0 Å². The van der Waals surface area contributed by atoms with Gasteiger partial charge in [-0.1, -0.05) is 18.6 Å². The van der Waals surface area contributed by atoms with E-state index in [-0.39, 0.29) is 0 Å². The van der Waals surface area contributed by atoms with Crippen LogP contribution >= 0.6 is 0 Å².